The van der Waals surface area contributed by atoms with E-state index in [-0.39, 0.29) is 13.0 Å². The molecule has 3 rings (SSSR count). The second-order valence-electron chi connectivity index (χ2n) is 4.67. The summed E-state index contributed by atoms with van der Waals surface area (Å²) in [4.78, 5) is 3.15. The number of rotatable bonds is 1. The van der Waals surface area contributed by atoms with Crippen molar-refractivity contribution in [1.29, 1.82) is 0 Å². The van der Waals surface area contributed by atoms with Crippen molar-refractivity contribution in [3.8, 4) is 5.75 Å². The Morgan fingerprint density at radius 2 is 2.11 bits per heavy atom. The van der Waals surface area contributed by atoms with Gasteiger partial charge in [-0.15, -0.1) is 0 Å². The zero-order valence-corrected chi connectivity index (χ0v) is 10.3. The number of hydrogen-bond acceptors (Lipinski definition) is 2. The number of H-pyrrole nitrogens is 1. The lowest BCUT2D eigenvalue weighted by Crippen LogP contribution is -2.46. The Morgan fingerprint density at radius 1 is 1.32 bits per heavy atom. The van der Waals surface area contributed by atoms with Gasteiger partial charge in [-0.3, -0.25) is 0 Å². The Bertz CT molecular complexity index is 618. The highest BCUT2D eigenvalue weighted by Crippen LogP contribution is 2.33. The fraction of sp³-hybridized carbons (Fsp3) is 0.385. The first-order valence-electron chi connectivity index (χ1n) is 5.96. The van der Waals surface area contributed by atoms with E-state index in [9.17, 15) is 13.2 Å². The maximum atomic E-state index is 12.8. The van der Waals surface area contributed by atoms with E-state index in [2.05, 4.69) is 10.3 Å². The number of aromatic amines is 1. The van der Waals surface area contributed by atoms with Gasteiger partial charge >= 0.3 is 6.18 Å². The van der Waals surface area contributed by atoms with Gasteiger partial charge in [0.05, 0.1) is 7.11 Å². The lowest BCUT2D eigenvalue weighted by molar-refractivity contribution is -0.157. The molecule has 2 heterocycles. The van der Waals surface area contributed by atoms with Gasteiger partial charge in [-0.05, 0) is 30.2 Å². The van der Waals surface area contributed by atoms with Crippen LogP contribution >= 0.6 is 0 Å². The molecule has 0 spiro atoms. The van der Waals surface area contributed by atoms with Crippen LogP contribution in [0.3, 0.4) is 0 Å². The average Bonchev–Trinajstić information content (AvgIpc) is 2.74. The van der Waals surface area contributed by atoms with Crippen LogP contribution in [0.4, 0.5) is 13.2 Å². The Labute approximate surface area is 107 Å². The third-order valence-corrected chi connectivity index (χ3v) is 3.53. The molecule has 0 fully saturated rings. The van der Waals surface area contributed by atoms with Crippen molar-refractivity contribution in [2.24, 2.45) is 0 Å². The Morgan fingerprint density at radius 3 is 2.79 bits per heavy atom. The predicted octanol–water partition coefficient (Wildman–Crippen LogP) is 2.75. The van der Waals surface area contributed by atoms with Crippen LogP contribution in [0, 0.1) is 0 Å². The molecule has 1 aliphatic rings. The number of fused-ring (bicyclic) bond motifs is 3. The van der Waals surface area contributed by atoms with E-state index >= 15 is 0 Å². The summed E-state index contributed by atoms with van der Waals surface area (Å²) in [5, 5.41) is 3.33. The maximum absolute atomic E-state index is 12.8. The molecular weight excluding hydrogens is 257 g/mol. The van der Waals surface area contributed by atoms with E-state index in [0.717, 1.165) is 22.2 Å². The summed E-state index contributed by atoms with van der Waals surface area (Å²) in [6.45, 7) is 0.205. The standard InChI is InChI=1S/C13H13F3N2O/c1-19-7-2-3-10-8(4-7)9-5-12(13(14,15)16)17-6-11(9)18-10/h2-4,12,17-18H,5-6H2,1H3/t12-/m1/s1. The third kappa shape index (κ3) is 2.06. The molecule has 1 aromatic carbocycles. The summed E-state index contributed by atoms with van der Waals surface area (Å²) < 4.78 is 43.5. The lowest BCUT2D eigenvalue weighted by Gasteiger charge is -2.26. The Kier molecular flexibility index (Phi) is 2.70. The van der Waals surface area contributed by atoms with Gasteiger partial charge in [0.1, 0.15) is 11.8 Å². The van der Waals surface area contributed by atoms with Gasteiger partial charge in [0.15, 0.2) is 0 Å². The van der Waals surface area contributed by atoms with E-state index in [1.54, 1.807) is 19.2 Å². The second kappa shape index (κ2) is 4.16. The van der Waals surface area contributed by atoms with Crippen LogP contribution in [0.15, 0.2) is 18.2 Å². The topological polar surface area (TPSA) is 37.0 Å². The molecule has 1 aliphatic heterocycles. The van der Waals surface area contributed by atoms with Crippen LogP contribution in [0.25, 0.3) is 10.9 Å². The van der Waals surface area contributed by atoms with Crippen molar-refractivity contribution < 1.29 is 17.9 Å². The monoisotopic (exact) mass is 270 g/mol. The minimum Gasteiger partial charge on any atom is -0.497 e. The molecule has 0 unspecified atom stereocenters. The number of ether oxygens (including phenoxy) is 1. The quantitative estimate of drug-likeness (QED) is 0.836. The smallest absolute Gasteiger partial charge is 0.404 e. The van der Waals surface area contributed by atoms with E-state index < -0.39 is 12.2 Å². The van der Waals surface area contributed by atoms with Crippen molar-refractivity contribution >= 4 is 10.9 Å². The van der Waals surface area contributed by atoms with Crippen molar-refractivity contribution in [3.05, 3.63) is 29.5 Å². The molecule has 102 valence electrons. The normalized spacial score (nSPS) is 19.5. The molecule has 0 amide bonds. The van der Waals surface area contributed by atoms with Gasteiger partial charge in [0, 0.05) is 23.1 Å². The van der Waals surface area contributed by atoms with E-state index in [1.807, 2.05) is 6.07 Å². The molecule has 0 saturated carbocycles. The zero-order chi connectivity index (χ0) is 13.6. The Balaban J connectivity index is 2.07. The molecule has 19 heavy (non-hydrogen) atoms. The largest absolute Gasteiger partial charge is 0.497 e. The molecule has 2 aromatic rings. The molecule has 2 N–H and O–H groups in total. The highest BCUT2D eigenvalue weighted by molar-refractivity contribution is 5.86. The van der Waals surface area contributed by atoms with E-state index in [1.165, 1.54) is 0 Å². The van der Waals surface area contributed by atoms with Crippen LogP contribution in [0.1, 0.15) is 11.3 Å². The zero-order valence-electron chi connectivity index (χ0n) is 10.3. The predicted molar refractivity (Wildman–Crippen MR) is 65.2 cm³/mol. The number of hydrogen-bond donors (Lipinski definition) is 2. The van der Waals surface area contributed by atoms with Gasteiger partial charge in [-0.2, -0.15) is 13.2 Å². The van der Waals surface area contributed by atoms with Crippen molar-refractivity contribution in [2.45, 2.75) is 25.2 Å². The molecule has 0 radical (unpaired) electrons. The van der Waals surface area contributed by atoms with Gasteiger partial charge in [0.25, 0.3) is 0 Å². The first-order valence-corrected chi connectivity index (χ1v) is 5.96. The summed E-state index contributed by atoms with van der Waals surface area (Å²) in [5.74, 6) is 0.649. The van der Waals surface area contributed by atoms with Crippen LogP contribution in [-0.4, -0.2) is 24.3 Å². The summed E-state index contributed by atoms with van der Waals surface area (Å²) in [6, 6.07) is 3.92. The molecule has 6 heteroatoms. The van der Waals surface area contributed by atoms with Crippen LogP contribution in [0.2, 0.25) is 0 Å². The van der Waals surface area contributed by atoms with Gasteiger partial charge in [-0.25, -0.2) is 0 Å². The fourth-order valence-corrected chi connectivity index (χ4v) is 2.53. The highest BCUT2D eigenvalue weighted by atomic mass is 19.4. The van der Waals surface area contributed by atoms with Gasteiger partial charge < -0.3 is 15.0 Å². The number of benzene rings is 1. The SMILES string of the molecule is COc1ccc2[nH]c3c(c2c1)C[C@H](C(F)(F)F)NC3. The minimum absolute atomic E-state index is 0.0496. The molecule has 0 aliphatic carbocycles. The average molecular weight is 270 g/mol. The van der Waals surface area contributed by atoms with Crippen molar-refractivity contribution in [2.75, 3.05) is 7.11 Å². The van der Waals surface area contributed by atoms with Crippen LogP contribution in [0.5, 0.6) is 5.75 Å². The van der Waals surface area contributed by atoms with Crippen LogP contribution < -0.4 is 10.1 Å². The Hall–Kier alpha value is -1.69. The fourth-order valence-electron chi connectivity index (χ4n) is 2.53. The maximum Gasteiger partial charge on any atom is 0.404 e. The summed E-state index contributed by atoms with van der Waals surface area (Å²) in [5.41, 5.74) is 2.40. The number of halogens is 3. The molecule has 1 atom stereocenters. The summed E-state index contributed by atoms with van der Waals surface area (Å²) >= 11 is 0. The first kappa shape index (κ1) is 12.3. The van der Waals surface area contributed by atoms with Crippen molar-refractivity contribution in [1.82, 2.24) is 10.3 Å². The number of nitrogens with one attached hydrogen (secondary N) is 2. The van der Waals surface area contributed by atoms with E-state index in [0.29, 0.717) is 5.75 Å². The lowest BCUT2D eigenvalue weighted by atomic mass is 9.98. The number of methoxy groups -OCH3 is 1. The molecule has 0 bridgehead atoms. The summed E-state index contributed by atoms with van der Waals surface area (Å²) in [7, 11) is 1.54. The van der Waals surface area contributed by atoms with E-state index in [4.69, 9.17) is 4.74 Å². The minimum atomic E-state index is -4.22. The third-order valence-electron chi connectivity index (χ3n) is 3.53. The van der Waals surface area contributed by atoms with Gasteiger partial charge in [-0.1, -0.05) is 0 Å². The van der Waals surface area contributed by atoms with Gasteiger partial charge in [0.2, 0.25) is 0 Å². The highest BCUT2D eigenvalue weighted by Gasteiger charge is 2.42. The molecule has 1 aromatic heterocycles. The molecule has 3 nitrogen and oxygen atoms in total. The first-order chi connectivity index (χ1) is 8.99. The molecule has 0 saturated heterocycles. The van der Waals surface area contributed by atoms with Crippen molar-refractivity contribution in [3.63, 3.8) is 0 Å². The number of alkyl halides is 3. The molecular formula is C13H13F3N2O. The second-order valence-corrected chi connectivity index (χ2v) is 4.67. The summed E-state index contributed by atoms with van der Waals surface area (Å²) in [6.07, 6.45) is -4.27. The number of aromatic nitrogens is 1. The van der Waals surface area contributed by atoms with Crippen LogP contribution in [-0.2, 0) is 13.0 Å².